The lowest BCUT2D eigenvalue weighted by molar-refractivity contribution is -0.123. The Morgan fingerprint density at radius 2 is 2.12 bits per heavy atom. The summed E-state index contributed by atoms with van der Waals surface area (Å²) in [7, 11) is 0. The van der Waals surface area contributed by atoms with Crippen LogP contribution in [0.15, 0.2) is 28.8 Å². The fourth-order valence-electron chi connectivity index (χ4n) is 3.45. The average molecular weight is 473 g/mol. The molecule has 0 radical (unpaired) electrons. The number of rotatable bonds is 6. The summed E-state index contributed by atoms with van der Waals surface area (Å²) in [5, 5.41) is 15.0. The van der Waals surface area contributed by atoms with Gasteiger partial charge in [0.05, 0.1) is 23.4 Å². The molecule has 5 heterocycles. The summed E-state index contributed by atoms with van der Waals surface area (Å²) in [5.41, 5.74) is -0.729. The van der Waals surface area contributed by atoms with E-state index in [0.29, 0.717) is 5.69 Å². The van der Waals surface area contributed by atoms with Crippen molar-refractivity contribution in [1.82, 2.24) is 28.5 Å². The van der Waals surface area contributed by atoms with E-state index in [2.05, 4.69) is 23.9 Å². The second-order valence-electron chi connectivity index (χ2n) is 7.08. The number of aromatic nitrogens is 6. The van der Waals surface area contributed by atoms with E-state index in [1.807, 2.05) is 0 Å². The van der Waals surface area contributed by atoms with Gasteiger partial charge in [-0.15, -0.1) is 5.10 Å². The first-order chi connectivity index (χ1) is 15.4. The van der Waals surface area contributed by atoms with Crippen LogP contribution in [0.5, 0.6) is 0 Å². The summed E-state index contributed by atoms with van der Waals surface area (Å²) in [6.45, 7) is 0.532. The number of carbonyl (C=O) groups excluding carboxylic acids is 1. The van der Waals surface area contributed by atoms with E-state index in [-0.39, 0.29) is 53.2 Å². The van der Waals surface area contributed by atoms with Crippen molar-refractivity contribution in [1.29, 1.82) is 0 Å². The van der Waals surface area contributed by atoms with Crippen LogP contribution in [0.1, 0.15) is 16.1 Å². The number of anilines is 1. The molecule has 0 amide bonds. The summed E-state index contributed by atoms with van der Waals surface area (Å²) in [4.78, 5) is 46.5. The second kappa shape index (κ2) is 7.80. The molecule has 11 nitrogen and oxygen atoms in total. The van der Waals surface area contributed by atoms with Gasteiger partial charge in [-0.3, -0.25) is 14.2 Å². The predicted molar refractivity (Wildman–Crippen MR) is 112 cm³/mol. The third kappa shape index (κ3) is 3.42. The van der Waals surface area contributed by atoms with Crippen LogP contribution < -0.4 is 10.3 Å². The van der Waals surface area contributed by atoms with Gasteiger partial charge in [-0.25, -0.2) is 19.2 Å². The smallest absolute Gasteiger partial charge is 0.341 e. The normalized spacial score (nSPS) is 14.0. The van der Waals surface area contributed by atoms with Crippen LogP contribution in [-0.2, 0) is 11.2 Å². The lowest BCUT2D eigenvalue weighted by Gasteiger charge is -2.39. The molecule has 1 aliphatic heterocycles. The number of hydrogen-bond acceptors (Lipinski definition) is 11. The van der Waals surface area contributed by atoms with Gasteiger partial charge in [-0.1, -0.05) is 4.49 Å². The Bertz CT molecular complexity index is 1400. The predicted octanol–water partition coefficient (Wildman–Crippen LogP) is 1.17. The monoisotopic (exact) mass is 473 g/mol. The average Bonchev–Trinajstić information content (AvgIpc) is 3.42. The molecule has 0 unspecified atom stereocenters. The zero-order valence-corrected chi connectivity index (χ0v) is 17.6. The number of aromatic carboxylic acids is 1. The highest BCUT2D eigenvalue weighted by atomic mass is 32.1. The van der Waals surface area contributed by atoms with Crippen molar-refractivity contribution < 1.29 is 19.1 Å². The van der Waals surface area contributed by atoms with E-state index >= 15 is 0 Å². The van der Waals surface area contributed by atoms with Crippen LogP contribution in [-0.4, -0.2) is 58.4 Å². The van der Waals surface area contributed by atoms with Crippen molar-refractivity contribution in [2.75, 3.05) is 18.0 Å². The first kappa shape index (κ1) is 20.3. The number of fused-ring (bicyclic) bond motifs is 1. The van der Waals surface area contributed by atoms with E-state index in [1.165, 1.54) is 22.4 Å². The lowest BCUT2D eigenvalue weighted by atomic mass is 9.92. The zero-order chi connectivity index (χ0) is 22.4. The molecule has 1 N–H and O–H groups in total. The summed E-state index contributed by atoms with van der Waals surface area (Å²) in [6.07, 6.45) is 2.54. The highest BCUT2D eigenvalue weighted by Crippen LogP contribution is 2.29. The van der Waals surface area contributed by atoms with Gasteiger partial charge in [-0.2, -0.15) is 4.37 Å². The number of hydrogen-bond donors (Lipinski definition) is 1. The molecule has 1 fully saturated rings. The van der Waals surface area contributed by atoms with Crippen LogP contribution >= 0.6 is 23.1 Å². The van der Waals surface area contributed by atoms with Crippen LogP contribution in [0.3, 0.4) is 0 Å². The van der Waals surface area contributed by atoms with E-state index in [0.717, 1.165) is 23.8 Å². The molecule has 1 saturated heterocycles. The maximum atomic E-state index is 14.9. The first-order valence-electron chi connectivity index (χ1n) is 9.22. The van der Waals surface area contributed by atoms with E-state index in [9.17, 15) is 23.9 Å². The Kier molecular flexibility index (Phi) is 4.94. The third-order valence-corrected chi connectivity index (χ3v) is 6.31. The maximum Gasteiger partial charge on any atom is 0.341 e. The van der Waals surface area contributed by atoms with Crippen molar-refractivity contribution in [3.05, 3.63) is 51.3 Å². The van der Waals surface area contributed by atoms with Crippen LogP contribution in [0, 0.1) is 11.7 Å². The molecular weight excluding hydrogens is 461 g/mol. The van der Waals surface area contributed by atoms with E-state index in [1.54, 1.807) is 10.3 Å². The molecule has 32 heavy (non-hydrogen) atoms. The van der Waals surface area contributed by atoms with Gasteiger partial charge in [0.25, 0.3) is 0 Å². The number of carboxylic acids is 1. The molecule has 1 aliphatic rings. The van der Waals surface area contributed by atoms with Crippen molar-refractivity contribution in [3.8, 4) is 5.13 Å². The molecule has 4 aromatic heterocycles. The summed E-state index contributed by atoms with van der Waals surface area (Å²) >= 11 is 2.13. The summed E-state index contributed by atoms with van der Waals surface area (Å²) < 4.78 is 23.8. The SMILES string of the molecule is O=C(O)c1cn(-c2ncns2)c2nc(N3CC(C(=O)Cc4csnn4)C3)c(F)cc2c1=O. The lowest BCUT2D eigenvalue weighted by Crippen LogP contribution is -2.51. The minimum atomic E-state index is -1.45. The van der Waals surface area contributed by atoms with Crippen molar-refractivity contribution in [2.24, 2.45) is 5.92 Å². The van der Waals surface area contributed by atoms with Crippen LogP contribution in [0.25, 0.3) is 16.2 Å². The molecule has 0 aliphatic carbocycles. The first-order valence-corrected chi connectivity index (χ1v) is 10.8. The summed E-state index contributed by atoms with van der Waals surface area (Å²) in [6, 6.07) is 0.972. The Hall–Kier alpha value is -3.65. The van der Waals surface area contributed by atoms with Gasteiger partial charge in [0.1, 0.15) is 17.7 Å². The van der Waals surface area contributed by atoms with Crippen molar-refractivity contribution in [3.63, 3.8) is 0 Å². The van der Waals surface area contributed by atoms with Gasteiger partial charge in [-0.05, 0) is 17.6 Å². The number of halogens is 1. The largest absolute Gasteiger partial charge is 0.477 e. The van der Waals surface area contributed by atoms with Crippen LogP contribution in [0.4, 0.5) is 10.2 Å². The molecule has 5 rings (SSSR count). The molecule has 0 spiro atoms. The van der Waals surface area contributed by atoms with E-state index in [4.69, 9.17) is 0 Å². The maximum absolute atomic E-state index is 14.9. The quantitative estimate of drug-likeness (QED) is 0.433. The number of Topliss-reactive ketones (excluding diaryl/α,β-unsaturated/α-hetero) is 1. The Morgan fingerprint density at radius 3 is 2.78 bits per heavy atom. The van der Waals surface area contributed by atoms with Gasteiger partial charge in [0, 0.05) is 36.2 Å². The Morgan fingerprint density at radius 1 is 1.31 bits per heavy atom. The molecule has 0 aromatic carbocycles. The molecule has 0 bridgehead atoms. The molecule has 0 saturated carbocycles. The fraction of sp³-hybridized carbons (Fsp3) is 0.222. The number of carboxylic acid groups (broad SMARTS) is 1. The fourth-order valence-corrected chi connectivity index (χ4v) is 4.41. The van der Waals surface area contributed by atoms with Crippen LogP contribution in [0.2, 0.25) is 0 Å². The minimum Gasteiger partial charge on any atom is -0.477 e. The molecule has 162 valence electrons. The third-order valence-electron chi connectivity index (χ3n) is 5.10. The second-order valence-corrected chi connectivity index (χ2v) is 8.45. The van der Waals surface area contributed by atoms with Gasteiger partial charge < -0.3 is 10.0 Å². The number of carbonyl (C=O) groups is 2. The topological polar surface area (TPSA) is 144 Å². The Labute approximate surface area is 186 Å². The van der Waals surface area contributed by atoms with Crippen molar-refractivity contribution in [2.45, 2.75) is 6.42 Å². The van der Waals surface area contributed by atoms with Gasteiger partial charge in [0.15, 0.2) is 17.3 Å². The number of ketones is 1. The molecular formula is C18H12FN7O4S2. The minimum absolute atomic E-state index is 0.0213. The molecule has 0 atom stereocenters. The van der Waals surface area contributed by atoms with Crippen molar-refractivity contribution >= 4 is 51.7 Å². The number of pyridine rings is 2. The standard InChI is InChI=1S/C18H12FN7O4S2/c19-12-2-10-14(28)11(17(29)30)5-26(18-20-7-21-32-18)15(10)22-16(12)25-3-8(4-25)13(27)1-9-6-31-24-23-9/h2,5-8H,1,3-4H2,(H,29,30). The highest BCUT2D eigenvalue weighted by molar-refractivity contribution is 7.08. The van der Waals surface area contributed by atoms with E-state index < -0.39 is 22.8 Å². The number of nitrogens with zero attached hydrogens (tertiary/aromatic N) is 7. The van der Waals surface area contributed by atoms with Gasteiger partial charge in [0.2, 0.25) is 10.6 Å². The highest BCUT2D eigenvalue weighted by Gasteiger charge is 2.35. The Balaban J connectivity index is 1.50. The molecule has 4 aromatic rings. The van der Waals surface area contributed by atoms with Gasteiger partial charge >= 0.3 is 5.97 Å². The zero-order valence-electron chi connectivity index (χ0n) is 16.0. The molecule has 14 heteroatoms. The summed E-state index contributed by atoms with van der Waals surface area (Å²) in [5.74, 6) is -2.58.